The number of nitrogens with one attached hydrogen (secondary N) is 1. The molecule has 0 aliphatic heterocycles. The van der Waals surface area contributed by atoms with Crippen LogP contribution in [-0.2, 0) is 11.3 Å². The molecule has 0 fully saturated rings. The molecule has 0 aliphatic rings. The van der Waals surface area contributed by atoms with E-state index in [0.29, 0.717) is 6.54 Å². The van der Waals surface area contributed by atoms with E-state index < -0.39 is 6.09 Å². The largest absolute Gasteiger partial charge is 0.496 e. The summed E-state index contributed by atoms with van der Waals surface area (Å²) in [5.41, 5.74) is 1.92. The maximum absolute atomic E-state index is 11.6. The minimum absolute atomic E-state index is 0.267. The summed E-state index contributed by atoms with van der Waals surface area (Å²) in [5, 5.41) is 2.67. The maximum atomic E-state index is 11.6. The van der Waals surface area contributed by atoms with Crippen molar-refractivity contribution < 1.29 is 14.3 Å². The Morgan fingerprint density at radius 1 is 1.09 bits per heavy atom. The van der Waals surface area contributed by atoms with Gasteiger partial charge in [0.05, 0.1) is 7.11 Å². The zero-order valence-corrected chi connectivity index (χ0v) is 12.5. The molecule has 4 nitrogen and oxygen atoms in total. The summed E-state index contributed by atoms with van der Waals surface area (Å²) in [6.07, 6.45) is 3.31. The molecular formula is C18H19NO3. The van der Waals surface area contributed by atoms with Crippen LogP contribution in [0, 0.1) is 0 Å². The van der Waals surface area contributed by atoms with Crippen LogP contribution in [0.1, 0.15) is 11.1 Å². The van der Waals surface area contributed by atoms with Crippen molar-refractivity contribution in [3.8, 4) is 5.75 Å². The monoisotopic (exact) mass is 297 g/mol. The number of hydrogen-bond donors (Lipinski definition) is 1. The standard InChI is InChI=1S/C18H19NO3/c1-21-17-12-6-5-10-16(17)11-7-13-19-18(20)22-14-15-8-3-2-4-9-15/h2-12H,13-14H2,1H3,(H,19,20). The summed E-state index contributed by atoms with van der Waals surface area (Å²) >= 11 is 0. The molecule has 0 aliphatic carbocycles. The summed E-state index contributed by atoms with van der Waals surface area (Å²) in [6.45, 7) is 0.661. The highest BCUT2D eigenvalue weighted by atomic mass is 16.5. The molecule has 2 rings (SSSR count). The van der Waals surface area contributed by atoms with Crippen LogP contribution in [0.25, 0.3) is 6.08 Å². The van der Waals surface area contributed by atoms with E-state index in [1.807, 2.05) is 66.7 Å². The van der Waals surface area contributed by atoms with Crippen molar-refractivity contribution >= 4 is 12.2 Å². The fourth-order valence-electron chi connectivity index (χ4n) is 1.91. The highest BCUT2D eigenvalue weighted by Crippen LogP contribution is 2.18. The minimum atomic E-state index is -0.437. The molecule has 0 spiro atoms. The number of carbonyl (C=O) groups is 1. The van der Waals surface area contributed by atoms with Crippen molar-refractivity contribution in [1.82, 2.24) is 5.32 Å². The molecule has 0 heterocycles. The van der Waals surface area contributed by atoms with Crippen LogP contribution in [0.2, 0.25) is 0 Å². The summed E-state index contributed by atoms with van der Waals surface area (Å²) in [7, 11) is 1.63. The maximum Gasteiger partial charge on any atom is 0.407 e. The molecule has 22 heavy (non-hydrogen) atoms. The molecule has 0 saturated carbocycles. The number of methoxy groups -OCH3 is 1. The second-order valence-electron chi connectivity index (χ2n) is 4.59. The molecule has 1 amide bonds. The first-order chi connectivity index (χ1) is 10.8. The lowest BCUT2D eigenvalue weighted by molar-refractivity contribution is 0.141. The van der Waals surface area contributed by atoms with Gasteiger partial charge < -0.3 is 14.8 Å². The van der Waals surface area contributed by atoms with Crippen molar-refractivity contribution in [1.29, 1.82) is 0 Å². The van der Waals surface area contributed by atoms with E-state index in [0.717, 1.165) is 16.9 Å². The van der Waals surface area contributed by atoms with Crippen LogP contribution in [-0.4, -0.2) is 19.7 Å². The molecule has 2 aromatic rings. The zero-order valence-electron chi connectivity index (χ0n) is 12.5. The lowest BCUT2D eigenvalue weighted by atomic mass is 10.2. The van der Waals surface area contributed by atoms with Crippen molar-refractivity contribution in [3.05, 3.63) is 71.8 Å². The van der Waals surface area contributed by atoms with Crippen molar-refractivity contribution in [2.45, 2.75) is 6.61 Å². The number of carbonyl (C=O) groups excluding carboxylic acids is 1. The number of benzene rings is 2. The Balaban J connectivity index is 1.73. The van der Waals surface area contributed by atoms with Gasteiger partial charge in [0.15, 0.2) is 0 Å². The highest BCUT2D eigenvalue weighted by molar-refractivity contribution is 5.67. The molecule has 114 valence electrons. The van der Waals surface area contributed by atoms with E-state index in [-0.39, 0.29) is 6.61 Å². The fraction of sp³-hybridized carbons (Fsp3) is 0.167. The molecular weight excluding hydrogens is 278 g/mol. The summed E-state index contributed by atoms with van der Waals surface area (Å²) in [5.74, 6) is 0.797. The molecule has 0 radical (unpaired) electrons. The molecule has 0 unspecified atom stereocenters. The predicted molar refractivity (Wildman–Crippen MR) is 86.7 cm³/mol. The second-order valence-corrected chi connectivity index (χ2v) is 4.59. The van der Waals surface area contributed by atoms with Crippen molar-refractivity contribution in [2.24, 2.45) is 0 Å². The first-order valence-corrected chi connectivity index (χ1v) is 7.03. The highest BCUT2D eigenvalue weighted by Gasteiger charge is 2.00. The number of amides is 1. The molecule has 0 atom stereocenters. The van der Waals surface area contributed by atoms with Gasteiger partial charge in [-0.2, -0.15) is 0 Å². The minimum Gasteiger partial charge on any atom is -0.496 e. The van der Waals surface area contributed by atoms with E-state index in [1.54, 1.807) is 7.11 Å². The molecule has 0 saturated heterocycles. The number of ether oxygens (including phenoxy) is 2. The van der Waals surface area contributed by atoms with Gasteiger partial charge in [-0.05, 0) is 11.6 Å². The molecule has 0 aromatic heterocycles. The van der Waals surface area contributed by atoms with Gasteiger partial charge in [-0.3, -0.25) is 0 Å². The number of rotatable bonds is 6. The summed E-state index contributed by atoms with van der Waals surface area (Å²) in [4.78, 5) is 11.6. The van der Waals surface area contributed by atoms with Gasteiger partial charge in [-0.25, -0.2) is 4.79 Å². The van der Waals surface area contributed by atoms with E-state index in [9.17, 15) is 4.79 Å². The molecule has 4 heteroatoms. The Morgan fingerprint density at radius 3 is 2.59 bits per heavy atom. The number of alkyl carbamates (subject to hydrolysis) is 1. The predicted octanol–water partition coefficient (Wildman–Crippen LogP) is 3.63. The van der Waals surface area contributed by atoms with Crippen LogP contribution in [0.4, 0.5) is 4.79 Å². The molecule has 0 bridgehead atoms. The summed E-state index contributed by atoms with van der Waals surface area (Å²) < 4.78 is 10.4. The third-order valence-corrected chi connectivity index (χ3v) is 3.01. The van der Waals surface area contributed by atoms with E-state index in [2.05, 4.69) is 5.32 Å². The Hall–Kier alpha value is -2.75. The van der Waals surface area contributed by atoms with Gasteiger partial charge in [0, 0.05) is 12.1 Å². The van der Waals surface area contributed by atoms with Gasteiger partial charge in [-0.15, -0.1) is 0 Å². The summed E-state index contributed by atoms with van der Waals surface area (Å²) in [6, 6.07) is 17.2. The Labute approximate surface area is 130 Å². The van der Waals surface area contributed by atoms with Crippen LogP contribution >= 0.6 is 0 Å². The van der Waals surface area contributed by atoms with E-state index >= 15 is 0 Å². The van der Waals surface area contributed by atoms with Gasteiger partial charge >= 0.3 is 6.09 Å². The first-order valence-electron chi connectivity index (χ1n) is 7.03. The second kappa shape index (κ2) is 8.52. The number of para-hydroxylation sites is 1. The number of hydrogen-bond acceptors (Lipinski definition) is 3. The fourth-order valence-corrected chi connectivity index (χ4v) is 1.91. The van der Waals surface area contributed by atoms with Crippen LogP contribution in [0.5, 0.6) is 5.75 Å². The first kappa shape index (κ1) is 15.6. The lowest BCUT2D eigenvalue weighted by Crippen LogP contribution is -2.24. The van der Waals surface area contributed by atoms with Gasteiger partial charge in [0.2, 0.25) is 0 Å². The van der Waals surface area contributed by atoms with Crippen molar-refractivity contribution in [3.63, 3.8) is 0 Å². The molecule has 2 aromatic carbocycles. The SMILES string of the molecule is COc1ccccc1C=CCNC(=O)OCc1ccccc1. The lowest BCUT2D eigenvalue weighted by Gasteiger charge is -2.06. The topological polar surface area (TPSA) is 47.6 Å². The molecule has 1 N–H and O–H groups in total. The van der Waals surface area contributed by atoms with Crippen LogP contribution in [0.3, 0.4) is 0 Å². The van der Waals surface area contributed by atoms with Crippen molar-refractivity contribution in [2.75, 3.05) is 13.7 Å². The quantitative estimate of drug-likeness (QED) is 0.885. The Morgan fingerprint density at radius 2 is 1.82 bits per heavy atom. The van der Waals surface area contributed by atoms with Gasteiger partial charge in [0.25, 0.3) is 0 Å². The van der Waals surface area contributed by atoms with Gasteiger partial charge in [-0.1, -0.05) is 60.7 Å². The van der Waals surface area contributed by atoms with Crippen LogP contribution in [0.15, 0.2) is 60.7 Å². The average Bonchev–Trinajstić information content (AvgIpc) is 2.58. The normalized spacial score (nSPS) is 10.4. The third kappa shape index (κ3) is 4.98. The van der Waals surface area contributed by atoms with E-state index in [1.165, 1.54) is 0 Å². The third-order valence-electron chi connectivity index (χ3n) is 3.01. The Bertz CT molecular complexity index is 623. The Kier molecular flexibility index (Phi) is 6.05. The average molecular weight is 297 g/mol. The zero-order chi connectivity index (χ0) is 15.6. The smallest absolute Gasteiger partial charge is 0.407 e. The van der Waals surface area contributed by atoms with Crippen LogP contribution < -0.4 is 10.1 Å². The van der Waals surface area contributed by atoms with E-state index in [4.69, 9.17) is 9.47 Å². The van der Waals surface area contributed by atoms with Gasteiger partial charge in [0.1, 0.15) is 12.4 Å².